The van der Waals surface area contributed by atoms with Crippen LogP contribution in [0.2, 0.25) is 0 Å². The molecule has 1 atom stereocenters. The maximum atomic E-state index is 12.6. The molecule has 0 spiro atoms. The van der Waals surface area contributed by atoms with Crippen molar-refractivity contribution in [3.05, 3.63) is 53.5 Å². The van der Waals surface area contributed by atoms with Crippen LogP contribution in [0.1, 0.15) is 23.8 Å². The first-order valence-electron chi connectivity index (χ1n) is 8.02. The summed E-state index contributed by atoms with van der Waals surface area (Å²) in [5, 5.41) is 3.15. The smallest absolute Gasteiger partial charge is 0.344 e. The number of hydrogen-bond acceptors (Lipinski definition) is 5. The molecule has 136 valence electrons. The van der Waals surface area contributed by atoms with Gasteiger partial charge in [-0.1, -0.05) is 12.1 Å². The highest BCUT2D eigenvalue weighted by Gasteiger charge is 2.52. The molecule has 1 aromatic carbocycles. The Hall–Kier alpha value is -3.29. The summed E-state index contributed by atoms with van der Waals surface area (Å²) in [6.45, 7) is 4.99. The molecule has 2 N–H and O–H groups in total. The third-order valence-electron chi connectivity index (χ3n) is 4.36. The van der Waals surface area contributed by atoms with E-state index in [1.807, 2.05) is 26.0 Å². The van der Waals surface area contributed by atoms with Crippen LogP contribution in [0.5, 0.6) is 5.75 Å². The van der Waals surface area contributed by atoms with Crippen LogP contribution in [0.25, 0.3) is 0 Å². The number of hydrazine groups is 1. The highest BCUT2D eigenvalue weighted by molar-refractivity contribution is 6.07. The van der Waals surface area contributed by atoms with Crippen LogP contribution in [0.15, 0.2) is 41.0 Å². The molecule has 1 aliphatic rings. The molecule has 0 aliphatic carbocycles. The number of rotatable bonds is 5. The SMILES string of the molecule is Cc1cccc(OCC(=O)NN2C(=O)N[C@@](C)(c3ccco3)C2=O)c1C. The molecule has 2 aromatic rings. The summed E-state index contributed by atoms with van der Waals surface area (Å²) in [7, 11) is 0. The maximum Gasteiger partial charge on any atom is 0.344 e. The quantitative estimate of drug-likeness (QED) is 0.795. The largest absolute Gasteiger partial charge is 0.483 e. The van der Waals surface area contributed by atoms with Gasteiger partial charge in [0.2, 0.25) is 0 Å². The Morgan fingerprint density at radius 2 is 2.04 bits per heavy atom. The van der Waals surface area contributed by atoms with Crippen molar-refractivity contribution in [2.24, 2.45) is 0 Å². The number of hydrogen-bond donors (Lipinski definition) is 2. The van der Waals surface area contributed by atoms with Crippen LogP contribution in [0, 0.1) is 13.8 Å². The molecule has 4 amide bonds. The molecule has 2 heterocycles. The van der Waals surface area contributed by atoms with Gasteiger partial charge in [0.1, 0.15) is 11.5 Å². The van der Waals surface area contributed by atoms with Gasteiger partial charge in [-0.3, -0.25) is 15.0 Å². The fourth-order valence-electron chi connectivity index (χ4n) is 2.65. The van der Waals surface area contributed by atoms with Gasteiger partial charge < -0.3 is 14.5 Å². The molecule has 1 fully saturated rings. The van der Waals surface area contributed by atoms with E-state index in [-0.39, 0.29) is 12.4 Å². The van der Waals surface area contributed by atoms with Crippen molar-refractivity contribution >= 4 is 17.8 Å². The van der Waals surface area contributed by atoms with Crippen molar-refractivity contribution in [1.29, 1.82) is 0 Å². The average Bonchev–Trinajstić information content (AvgIpc) is 3.21. The summed E-state index contributed by atoms with van der Waals surface area (Å²) in [6, 6.07) is 7.95. The zero-order valence-electron chi connectivity index (χ0n) is 14.7. The monoisotopic (exact) mass is 357 g/mol. The van der Waals surface area contributed by atoms with E-state index in [1.54, 1.807) is 18.2 Å². The van der Waals surface area contributed by atoms with Gasteiger partial charge in [-0.15, -0.1) is 0 Å². The van der Waals surface area contributed by atoms with E-state index in [2.05, 4.69) is 10.7 Å². The maximum absolute atomic E-state index is 12.6. The molecule has 0 radical (unpaired) electrons. The first-order chi connectivity index (χ1) is 12.3. The lowest BCUT2D eigenvalue weighted by Crippen LogP contribution is -2.49. The predicted molar refractivity (Wildman–Crippen MR) is 91.0 cm³/mol. The van der Waals surface area contributed by atoms with Gasteiger partial charge in [0, 0.05) is 0 Å². The number of benzene rings is 1. The zero-order valence-corrected chi connectivity index (χ0v) is 14.7. The highest BCUT2D eigenvalue weighted by atomic mass is 16.5. The van der Waals surface area contributed by atoms with Crippen LogP contribution < -0.4 is 15.5 Å². The molecule has 3 rings (SSSR count). The Bertz CT molecular complexity index is 862. The lowest BCUT2D eigenvalue weighted by atomic mass is 10.00. The number of imide groups is 1. The van der Waals surface area contributed by atoms with Crippen molar-refractivity contribution in [2.45, 2.75) is 26.3 Å². The van der Waals surface area contributed by atoms with E-state index in [9.17, 15) is 14.4 Å². The topological polar surface area (TPSA) is 101 Å². The van der Waals surface area contributed by atoms with Gasteiger partial charge in [-0.05, 0) is 50.1 Å². The third-order valence-corrected chi connectivity index (χ3v) is 4.36. The summed E-state index contributed by atoms with van der Waals surface area (Å²) in [4.78, 5) is 36.8. The molecule has 1 aliphatic heterocycles. The van der Waals surface area contributed by atoms with Crippen LogP contribution in [0.4, 0.5) is 4.79 Å². The number of ether oxygens (including phenoxy) is 1. The Morgan fingerprint density at radius 1 is 1.27 bits per heavy atom. The molecule has 0 bridgehead atoms. The molecule has 8 nitrogen and oxygen atoms in total. The molecular formula is C18H19N3O5. The molecule has 0 saturated carbocycles. The Labute approximate surface area is 150 Å². The van der Waals surface area contributed by atoms with Gasteiger partial charge in [-0.25, -0.2) is 4.79 Å². The summed E-state index contributed by atoms with van der Waals surface area (Å²) in [5.41, 5.74) is 2.84. The number of aryl methyl sites for hydroxylation is 1. The average molecular weight is 357 g/mol. The summed E-state index contributed by atoms with van der Waals surface area (Å²) in [6.07, 6.45) is 1.40. The second-order valence-corrected chi connectivity index (χ2v) is 6.19. The number of amides is 4. The van der Waals surface area contributed by atoms with Crippen molar-refractivity contribution < 1.29 is 23.5 Å². The van der Waals surface area contributed by atoms with E-state index in [0.29, 0.717) is 10.8 Å². The lowest BCUT2D eigenvalue weighted by Gasteiger charge is -2.19. The van der Waals surface area contributed by atoms with Gasteiger partial charge in [0.25, 0.3) is 11.8 Å². The minimum Gasteiger partial charge on any atom is -0.483 e. The zero-order chi connectivity index (χ0) is 18.9. The van der Waals surface area contributed by atoms with Crippen LogP contribution >= 0.6 is 0 Å². The Kier molecular flexibility index (Phi) is 4.41. The number of nitrogens with zero attached hydrogens (tertiary/aromatic N) is 1. The second-order valence-electron chi connectivity index (χ2n) is 6.19. The molecule has 0 unspecified atom stereocenters. The molecule has 8 heteroatoms. The van der Waals surface area contributed by atoms with Crippen LogP contribution in [-0.2, 0) is 15.1 Å². The fourth-order valence-corrected chi connectivity index (χ4v) is 2.65. The number of furan rings is 1. The predicted octanol–water partition coefficient (Wildman–Crippen LogP) is 1.77. The minimum atomic E-state index is -1.37. The molecule has 1 aromatic heterocycles. The van der Waals surface area contributed by atoms with Gasteiger partial charge >= 0.3 is 6.03 Å². The van der Waals surface area contributed by atoms with E-state index in [0.717, 1.165) is 11.1 Å². The first-order valence-corrected chi connectivity index (χ1v) is 8.02. The van der Waals surface area contributed by atoms with Crippen LogP contribution in [0.3, 0.4) is 0 Å². The molecule has 1 saturated heterocycles. The van der Waals surface area contributed by atoms with Crippen molar-refractivity contribution in [3.63, 3.8) is 0 Å². The first kappa shape index (κ1) is 17.5. The summed E-state index contributed by atoms with van der Waals surface area (Å²) in [5.74, 6) is -0.423. The van der Waals surface area contributed by atoms with Gasteiger partial charge in [-0.2, -0.15) is 5.01 Å². The fraction of sp³-hybridized carbons (Fsp3) is 0.278. The summed E-state index contributed by atoms with van der Waals surface area (Å²) < 4.78 is 10.7. The minimum absolute atomic E-state index is 0.277. The van der Waals surface area contributed by atoms with Crippen molar-refractivity contribution in [1.82, 2.24) is 15.8 Å². The van der Waals surface area contributed by atoms with E-state index in [1.165, 1.54) is 13.2 Å². The van der Waals surface area contributed by atoms with Gasteiger partial charge in [0.15, 0.2) is 12.1 Å². The number of urea groups is 1. The molecular weight excluding hydrogens is 338 g/mol. The van der Waals surface area contributed by atoms with E-state index < -0.39 is 23.4 Å². The number of nitrogens with one attached hydrogen (secondary N) is 2. The third kappa shape index (κ3) is 3.01. The molecule has 26 heavy (non-hydrogen) atoms. The van der Waals surface area contributed by atoms with E-state index in [4.69, 9.17) is 9.15 Å². The van der Waals surface area contributed by atoms with Crippen molar-refractivity contribution in [3.8, 4) is 5.75 Å². The number of carbonyl (C=O) groups excluding carboxylic acids is 3. The van der Waals surface area contributed by atoms with Crippen LogP contribution in [-0.4, -0.2) is 29.5 Å². The lowest BCUT2D eigenvalue weighted by molar-refractivity contribution is -0.140. The Morgan fingerprint density at radius 3 is 2.73 bits per heavy atom. The normalized spacial score (nSPS) is 19.4. The summed E-state index contributed by atoms with van der Waals surface area (Å²) >= 11 is 0. The van der Waals surface area contributed by atoms with E-state index >= 15 is 0 Å². The second kappa shape index (κ2) is 6.55. The standard InChI is InChI=1S/C18H19N3O5/c1-11-6-4-7-13(12(11)2)26-10-15(22)20-21-16(23)18(3,19-17(21)24)14-8-5-9-25-14/h4-9H,10H2,1-3H3,(H,19,24)(H,20,22)/t18-/m0/s1. The number of carbonyl (C=O) groups is 3. The van der Waals surface area contributed by atoms with Crippen molar-refractivity contribution in [2.75, 3.05) is 6.61 Å². The Balaban J connectivity index is 1.65. The highest BCUT2D eigenvalue weighted by Crippen LogP contribution is 2.28. The van der Waals surface area contributed by atoms with Gasteiger partial charge in [0.05, 0.1) is 6.26 Å².